The van der Waals surface area contributed by atoms with E-state index in [0.29, 0.717) is 30.7 Å². The number of rotatable bonds is 4. The SMILES string of the molecule is CC(C)c1noc(CCC(=O)N2CCCC[C@H]3CNCC[C@H]32)n1. The molecular weight excluding hydrogens is 292 g/mol. The Hall–Kier alpha value is -1.43. The van der Waals surface area contributed by atoms with Crippen molar-refractivity contribution in [3.8, 4) is 0 Å². The molecule has 2 aliphatic heterocycles. The van der Waals surface area contributed by atoms with Gasteiger partial charge in [-0.3, -0.25) is 4.79 Å². The maximum atomic E-state index is 12.7. The summed E-state index contributed by atoms with van der Waals surface area (Å²) >= 11 is 0. The average molecular weight is 320 g/mol. The minimum absolute atomic E-state index is 0.244. The predicted octanol–water partition coefficient (Wildman–Crippen LogP) is 2.12. The first-order chi connectivity index (χ1) is 11.1. The van der Waals surface area contributed by atoms with E-state index in [1.54, 1.807) is 0 Å². The van der Waals surface area contributed by atoms with E-state index in [2.05, 4.69) is 20.4 Å². The minimum atomic E-state index is 0.244. The van der Waals surface area contributed by atoms with Crippen molar-refractivity contribution in [2.75, 3.05) is 19.6 Å². The Labute approximate surface area is 138 Å². The number of carbonyl (C=O) groups is 1. The van der Waals surface area contributed by atoms with Crippen LogP contribution >= 0.6 is 0 Å². The number of aryl methyl sites for hydroxylation is 1. The van der Waals surface area contributed by atoms with Crippen molar-refractivity contribution in [2.24, 2.45) is 5.92 Å². The number of nitrogens with zero attached hydrogens (tertiary/aromatic N) is 3. The van der Waals surface area contributed by atoms with Crippen molar-refractivity contribution < 1.29 is 9.32 Å². The Morgan fingerprint density at radius 2 is 2.26 bits per heavy atom. The van der Waals surface area contributed by atoms with Gasteiger partial charge < -0.3 is 14.7 Å². The van der Waals surface area contributed by atoms with Gasteiger partial charge in [0.25, 0.3) is 0 Å². The van der Waals surface area contributed by atoms with Gasteiger partial charge in [-0.25, -0.2) is 0 Å². The van der Waals surface area contributed by atoms with E-state index in [-0.39, 0.29) is 11.8 Å². The van der Waals surface area contributed by atoms with Crippen molar-refractivity contribution in [1.82, 2.24) is 20.4 Å². The van der Waals surface area contributed by atoms with Crippen LogP contribution in [0.3, 0.4) is 0 Å². The number of piperidine rings is 1. The molecule has 1 aromatic rings. The second kappa shape index (κ2) is 7.43. The van der Waals surface area contributed by atoms with Gasteiger partial charge in [0.15, 0.2) is 5.82 Å². The molecule has 128 valence electrons. The molecule has 3 heterocycles. The van der Waals surface area contributed by atoms with E-state index < -0.39 is 0 Å². The third kappa shape index (κ3) is 3.91. The molecule has 3 rings (SSSR count). The first-order valence-electron chi connectivity index (χ1n) is 8.98. The smallest absolute Gasteiger partial charge is 0.227 e. The lowest BCUT2D eigenvalue weighted by atomic mass is 9.89. The Balaban J connectivity index is 1.59. The summed E-state index contributed by atoms with van der Waals surface area (Å²) in [5.41, 5.74) is 0. The van der Waals surface area contributed by atoms with Crippen molar-refractivity contribution in [1.29, 1.82) is 0 Å². The molecule has 0 saturated carbocycles. The summed E-state index contributed by atoms with van der Waals surface area (Å²) < 4.78 is 5.25. The van der Waals surface area contributed by atoms with Crippen LogP contribution in [0.25, 0.3) is 0 Å². The largest absolute Gasteiger partial charge is 0.339 e. The van der Waals surface area contributed by atoms with Crippen LogP contribution < -0.4 is 5.32 Å². The van der Waals surface area contributed by atoms with E-state index in [1.807, 2.05) is 13.8 Å². The van der Waals surface area contributed by atoms with E-state index in [0.717, 1.165) is 38.3 Å². The van der Waals surface area contributed by atoms with Gasteiger partial charge in [0.05, 0.1) is 0 Å². The quantitative estimate of drug-likeness (QED) is 0.920. The molecule has 0 spiro atoms. The van der Waals surface area contributed by atoms with Gasteiger partial charge >= 0.3 is 0 Å². The lowest BCUT2D eigenvalue weighted by molar-refractivity contribution is -0.135. The molecule has 1 amide bonds. The predicted molar refractivity (Wildman–Crippen MR) is 87.0 cm³/mol. The molecule has 0 bridgehead atoms. The highest BCUT2D eigenvalue weighted by Crippen LogP contribution is 2.27. The molecule has 1 aromatic heterocycles. The number of carbonyl (C=O) groups excluding carboxylic acids is 1. The monoisotopic (exact) mass is 320 g/mol. The van der Waals surface area contributed by atoms with Crippen molar-refractivity contribution >= 4 is 5.91 Å². The fourth-order valence-electron chi connectivity index (χ4n) is 3.74. The summed E-state index contributed by atoms with van der Waals surface area (Å²) in [6.07, 6.45) is 5.68. The van der Waals surface area contributed by atoms with Crippen LogP contribution in [0.1, 0.15) is 63.6 Å². The van der Waals surface area contributed by atoms with E-state index in [9.17, 15) is 4.79 Å². The summed E-state index contributed by atoms with van der Waals surface area (Å²) in [4.78, 5) is 19.2. The summed E-state index contributed by atoms with van der Waals surface area (Å²) in [5.74, 6) is 2.42. The highest BCUT2D eigenvalue weighted by molar-refractivity contribution is 5.76. The van der Waals surface area contributed by atoms with Gasteiger partial charge in [0.1, 0.15) is 0 Å². The number of fused-ring (bicyclic) bond motifs is 1. The number of hydrogen-bond acceptors (Lipinski definition) is 5. The van der Waals surface area contributed by atoms with Crippen LogP contribution in [0.4, 0.5) is 0 Å². The highest BCUT2D eigenvalue weighted by Gasteiger charge is 2.34. The first-order valence-corrected chi connectivity index (χ1v) is 8.98. The van der Waals surface area contributed by atoms with Crippen LogP contribution in [0.15, 0.2) is 4.52 Å². The standard InChI is InChI=1S/C17H28N4O2/c1-12(2)17-19-15(23-20-17)6-7-16(22)21-10-4-3-5-13-11-18-9-8-14(13)21/h12-14,18H,3-11H2,1-2H3/t13-,14+/m0/s1. The molecule has 2 saturated heterocycles. The molecule has 0 aromatic carbocycles. The molecule has 23 heavy (non-hydrogen) atoms. The third-order valence-corrected chi connectivity index (χ3v) is 5.07. The maximum absolute atomic E-state index is 12.7. The van der Waals surface area contributed by atoms with Gasteiger partial charge in [-0.15, -0.1) is 0 Å². The lowest BCUT2D eigenvalue weighted by Crippen LogP contribution is -2.51. The Kier molecular flexibility index (Phi) is 5.30. The molecule has 6 nitrogen and oxygen atoms in total. The van der Waals surface area contributed by atoms with Gasteiger partial charge in [-0.05, 0) is 38.3 Å². The third-order valence-electron chi connectivity index (χ3n) is 5.07. The van der Waals surface area contributed by atoms with Crippen molar-refractivity contribution in [2.45, 2.75) is 64.3 Å². The van der Waals surface area contributed by atoms with E-state index in [4.69, 9.17) is 4.52 Å². The Bertz CT molecular complexity index is 528. The molecule has 2 atom stereocenters. The molecular formula is C17H28N4O2. The van der Waals surface area contributed by atoms with Gasteiger partial charge in [0, 0.05) is 31.3 Å². The topological polar surface area (TPSA) is 71.3 Å². The van der Waals surface area contributed by atoms with Crippen LogP contribution in [0.2, 0.25) is 0 Å². The van der Waals surface area contributed by atoms with Crippen LogP contribution in [-0.2, 0) is 11.2 Å². The lowest BCUT2D eigenvalue weighted by Gasteiger charge is -2.38. The summed E-state index contributed by atoms with van der Waals surface area (Å²) in [7, 11) is 0. The van der Waals surface area contributed by atoms with Crippen molar-refractivity contribution in [3.05, 3.63) is 11.7 Å². The van der Waals surface area contributed by atoms with Crippen LogP contribution in [-0.4, -0.2) is 46.6 Å². The first kappa shape index (κ1) is 16.4. The second-order valence-electron chi connectivity index (χ2n) is 7.10. The van der Waals surface area contributed by atoms with Crippen LogP contribution in [0, 0.1) is 5.92 Å². The fourth-order valence-corrected chi connectivity index (χ4v) is 3.74. The van der Waals surface area contributed by atoms with Crippen molar-refractivity contribution in [3.63, 3.8) is 0 Å². The average Bonchev–Trinajstić information content (AvgIpc) is 2.92. The highest BCUT2D eigenvalue weighted by atomic mass is 16.5. The zero-order valence-electron chi connectivity index (χ0n) is 14.3. The summed E-state index contributed by atoms with van der Waals surface area (Å²) in [6.45, 7) is 7.05. The Morgan fingerprint density at radius 1 is 1.39 bits per heavy atom. The Morgan fingerprint density at radius 3 is 3.04 bits per heavy atom. The number of nitrogens with one attached hydrogen (secondary N) is 1. The molecule has 2 fully saturated rings. The molecule has 1 N–H and O–H groups in total. The molecule has 0 unspecified atom stereocenters. The zero-order chi connectivity index (χ0) is 16.2. The number of likely N-dealkylation sites (tertiary alicyclic amines) is 1. The van der Waals surface area contributed by atoms with E-state index >= 15 is 0 Å². The van der Waals surface area contributed by atoms with Gasteiger partial charge in [-0.1, -0.05) is 25.4 Å². The van der Waals surface area contributed by atoms with E-state index in [1.165, 1.54) is 12.8 Å². The van der Waals surface area contributed by atoms with Crippen LogP contribution in [0.5, 0.6) is 0 Å². The fraction of sp³-hybridized carbons (Fsp3) is 0.824. The molecule has 6 heteroatoms. The number of aromatic nitrogens is 2. The van der Waals surface area contributed by atoms with Gasteiger partial charge in [0.2, 0.25) is 11.8 Å². The molecule has 0 aliphatic carbocycles. The summed E-state index contributed by atoms with van der Waals surface area (Å²) in [5, 5.41) is 7.44. The number of hydrogen-bond donors (Lipinski definition) is 1. The second-order valence-corrected chi connectivity index (χ2v) is 7.10. The summed E-state index contributed by atoms with van der Waals surface area (Å²) in [6, 6.07) is 0.417. The normalized spacial score (nSPS) is 25.3. The molecule has 2 aliphatic rings. The zero-order valence-corrected chi connectivity index (χ0v) is 14.3. The molecule has 0 radical (unpaired) electrons. The maximum Gasteiger partial charge on any atom is 0.227 e. The van der Waals surface area contributed by atoms with Gasteiger partial charge in [-0.2, -0.15) is 4.98 Å². The minimum Gasteiger partial charge on any atom is -0.339 e. The number of amides is 1.